The molecule has 0 unspecified atom stereocenters. The van der Waals surface area contributed by atoms with Crippen molar-refractivity contribution in [3.63, 3.8) is 0 Å². The van der Waals surface area contributed by atoms with Gasteiger partial charge in [0.1, 0.15) is 12.0 Å². The van der Waals surface area contributed by atoms with Gasteiger partial charge in [-0.3, -0.25) is 0 Å². The lowest BCUT2D eigenvalue weighted by atomic mass is 10.1. The van der Waals surface area contributed by atoms with Crippen LogP contribution in [0.1, 0.15) is 17.2 Å². The molecule has 2 rings (SSSR count). The van der Waals surface area contributed by atoms with Crippen LogP contribution in [0.4, 0.5) is 0 Å². The minimum atomic E-state index is 0.259. The number of benzene rings is 1. The largest absolute Gasteiger partial charge is 0.445 e. The average Bonchev–Trinajstić information content (AvgIpc) is 2.70. The number of hydrogen-bond donors (Lipinski definition) is 0. The van der Waals surface area contributed by atoms with E-state index >= 15 is 0 Å². The Kier molecular flexibility index (Phi) is 3.37. The molecular weight excluding hydrogens is 226 g/mol. The number of carbonyl (C=O) groups excluding carboxylic acids is 1. The molecule has 3 nitrogen and oxygen atoms in total. The number of carbonyl (C=O) groups is 1. The first-order valence-corrected chi connectivity index (χ1v) is 5.28. The highest BCUT2D eigenvalue weighted by molar-refractivity contribution is 6.31. The summed E-state index contributed by atoms with van der Waals surface area (Å²) in [5.41, 5.74) is 0.962. The number of halogens is 1. The standard InChI is InChI=1S/C12H10ClNO2/c13-11-4-2-1-3-9(11)7-12-14-8-10(16-12)5-6-15/h1-4,6,8H,5,7H2. The Labute approximate surface area is 98.1 Å². The van der Waals surface area contributed by atoms with Gasteiger partial charge in [-0.05, 0) is 11.6 Å². The molecule has 16 heavy (non-hydrogen) atoms. The number of hydrogen-bond acceptors (Lipinski definition) is 3. The van der Waals surface area contributed by atoms with Crippen LogP contribution in [0, 0.1) is 0 Å². The summed E-state index contributed by atoms with van der Waals surface area (Å²) in [7, 11) is 0. The number of oxazole rings is 1. The lowest BCUT2D eigenvalue weighted by Gasteiger charge is -1.99. The van der Waals surface area contributed by atoms with Crippen LogP contribution in [0.25, 0.3) is 0 Å². The van der Waals surface area contributed by atoms with Gasteiger partial charge >= 0.3 is 0 Å². The molecule has 0 aliphatic heterocycles. The van der Waals surface area contributed by atoms with Crippen molar-refractivity contribution in [2.75, 3.05) is 0 Å². The molecule has 2 aromatic rings. The van der Waals surface area contributed by atoms with Crippen LogP contribution in [0.5, 0.6) is 0 Å². The van der Waals surface area contributed by atoms with Crippen LogP contribution < -0.4 is 0 Å². The van der Waals surface area contributed by atoms with Crippen LogP contribution in [-0.2, 0) is 17.6 Å². The van der Waals surface area contributed by atoms with Crippen LogP contribution in [0.3, 0.4) is 0 Å². The third-order valence-corrected chi connectivity index (χ3v) is 2.55. The van der Waals surface area contributed by atoms with E-state index in [-0.39, 0.29) is 6.42 Å². The zero-order valence-corrected chi connectivity index (χ0v) is 9.28. The highest BCUT2D eigenvalue weighted by Crippen LogP contribution is 2.18. The number of aromatic nitrogens is 1. The maximum absolute atomic E-state index is 10.3. The lowest BCUT2D eigenvalue weighted by molar-refractivity contribution is -0.107. The molecule has 0 fully saturated rings. The minimum absolute atomic E-state index is 0.259. The molecule has 0 saturated carbocycles. The van der Waals surface area contributed by atoms with Gasteiger partial charge in [0, 0.05) is 5.02 Å². The summed E-state index contributed by atoms with van der Waals surface area (Å²) in [5.74, 6) is 1.15. The van der Waals surface area contributed by atoms with Gasteiger partial charge in [-0.1, -0.05) is 29.8 Å². The van der Waals surface area contributed by atoms with E-state index in [0.717, 1.165) is 11.8 Å². The highest BCUT2D eigenvalue weighted by atomic mass is 35.5. The van der Waals surface area contributed by atoms with Crippen molar-refractivity contribution < 1.29 is 9.21 Å². The molecule has 0 atom stereocenters. The Hall–Kier alpha value is -1.61. The summed E-state index contributed by atoms with van der Waals surface area (Å²) in [5, 5.41) is 0.692. The summed E-state index contributed by atoms with van der Waals surface area (Å²) in [6.45, 7) is 0. The van der Waals surface area contributed by atoms with E-state index in [4.69, 9.17) is 16.0 Å². The van der Waals surface area contributed by atoms with Gasteiger partial charge in [0.2, 0.25) is 0 Å². The van der Waals surface area contributed by atoms with Gasteiger partial charge in [0.05, 0.1) is 19.0 Å². The third-order valence-electron chi connectivity index (χ3n) is 2.19. The molecule has 0 aliphatic carbocycles. The summed E-state index contributed by atoms with van der Waals surface area (Å²) in [6, 6.07) is 7.54. The van der Waals surface area contributed by atoms with Crippen molar-refractivity contribution in [2.24, 2.45) is 0 Å². The monoisotopic (exact) mass is 235 g/mol. The highest BCUT2D eigenvalue weighted by Gasteiger charge is 2.06. The van der Waals surface area contributed by atoms with E-state index < -0.39 is 0 Å². The predicted octanol–water partition coefficient (Wildman–Crippen LogP) is 2.66. The van der Waals surface area contributed by atoms with Crippen LogP contribution in [0.2, 0.25) is 5.02 Å². The van der Waals surface area contributed by atoms with Crippen molar-refractivity contribution in [3.05, 3.63) is 52.7 Å². The molecule has 0 aliphatic rings. The Morgan fingerprint density at radius 1 is 1.38 bits per heavy atom. The van der Waals surface area contributed by atoms with Crippen LogP contribution in [-0.4, -0.2) is 11.3 Å². The summed E-state index contributed by atoms with van der Waals surface area (Å²) in [4.78, 5) is 14.4. The van der Waals surface area contributed by atoms with E-state index in [1.54, 1.807) is 6.20 Å². The fraction of sp³-hybridized carbons (Fsp3) is 0.167. The molecule has 1 aromatic carbocycles. The molecule has 82 valence electrons. The molecule has 0 saturated heterocycles. The van der Waals surface area contributed by atoms with Crippen molar-refractivity contribution in [3.8, 4) is 0 Å². The van der Waals surface area contributed by atoms with E-state index in [1.165, 1.54) is 0 Å². The van der Waals surface area contributed by atoms with E-state index in [1.807, 2.05) is 24.3 Å². The van der Waals surface area contributed by atoms with Crippen LogP contribution >= 0.6 is 11.6 Å². The zero-order valence-electron chi connectivity index (χ0n) is 8.52. The quantitative estimate of drug-likeness (QED) is 0.766. The van der Waals surface area contributed by atoms with E-state index in [0.29, 0.717) is 23.1 Å². The smallest absolute Gasteiger partial charge is 0.198 e. The number of aldehydes is 1. The number of rotatable bonds is 4. The van der Waals surface area contributed by atoms with Crippen LogP contribution in [0.15, 0.2) is 34.9 Å². The molecule has 0 radical (unpaired) electrons. The first kappa shape index (κ1) is 10.9. The van der Waals surface area contributed by atoms with Gasteiger partial charge in [0.15, 0.2) is 5.89 Å². The summed E-state index contributed by atoms with van der Waals surface area (Å²) >= 11 is 6.02. The Balaban J connectivity index is 2.14. The lowest BCUT2D eigenvalue weighted by Crippen LogP contribution is -1.88. The average molecular weight is 236 g/mol. The minimum Gasteiger partial charge on any atom is -0.445 e. The van der Waals surface area contributed by atoms with Crippen molar-refractivity contribution in [2.45, 2.75) is 12.8 Å². The zero-order chi connectivity index (χ0) is 11.4. The molecule has 1 heterocycles. The molecule has 4 heteroatoms. The molecule has 0 amide bonds. The van der Waals surface area contributed by atoms with E-state index in [9.17, 15) is 4.79 Å². The first-order valence-electron chi connectivity index (χ1n) is 4.90. The fourth-order valence-corrected chi connectivity index (χ4v) is 1.61. The number of nitrogens with zero attached hydrogens (tertiary/aromatic N) is 1. The second-order valence-corrected chi connectivity index (χ2v) is 3.77. The third kappa shape index (κ3) is 2.49. The summed E-state index contributed by atoms with van der Waals surface area (Å²) < 4.78 is 5.38. The summed E-state index contributed by atoms with van der Waals surface area (Å²) in [6.07, 6.45) is 3.16. The molecule has 0 bridgehead atoms. The second kappa shape index (κ2) is 4.94. The van der Waals surface area contributed by atoms with E-state index in [2.05, 4.69) is 4.98 Å². The van der Waals surface area contributed by atoms with Gasteiger partial charge in [-0.25, -0.2) is 4.98 Å². The second-order valence-electron chi connectivity index (χ2n) is 3.36. The molecule has 0 spiro atoms. The maximum atomic E-state index is 10.3. The van der Waals surface area contributed by atoms with Crippen molar-refractivity contribution >= 4 is 17.9 Å². The normalized spacial score (nSPS) is 10.3. The fourth-order valence-electron chi connectivity index (χ4n) is 1.41. The SMILES string of the molecule is O=CCc1cnc(Cc2ccccc2Cl)o1. The molecule has 1 aromatic heterocycles. The van der Waals surface area contributed by atoms with Gasteiger partial charge in [-0.2, -0.15) is 0 Å². The predicted molar refractivity (Wildman–Crippen MR) is 60.5 cm³/mol. The Bertz CT molecular complexity index is 493. The maximum Gasteiger partial charge on any atom is 0.198 e. The molecule has 0 N–H and O–H groups in total. The van der Waals surface area contributed by atoms with Crippen molar-refractivity contribution in [1.82, 2.24) is 4.98 Å². The first-order chi connectivity index (χ1) is 7.79. The topological polar surface area (TPSA) is 43.1 Å². The van der Waals surface area contributed by atoms with Gasteiger partial charge in [-0.15, -0.1) is 0 Å². The Morgan fingerprint density at radius 2 is 2.19 bits per heavy atom. The molecular formula is C12H10ClNO2. The van der Waals surface area contributed by atoms with Gasteiger partial charge < -0.3 is 9.21 Å². The Morgan fingerprint density at radius 3 is 2.94 bits per heavy atom. The van der Waals surface area contributed by atoms with Gasteiger partial charge in [0.25, 0.3) is 0 Å². The van der Waals surface area contributed by atoms with Crippen molar-refractivity contribution in [1.29, 1.82) is 0 Å².